The Bertz CT molecular complexity index is 721. The highest BCUT2D eigenvalue weighted by molar-refractivity contribution is 6.01. The summed E-state index contributed by atoms with van der Waals surface area (Å²) in [5.41, 5.74) is 6.96. The monoisotopic (exact) mass is 296 g/mol. The highest BCUT2D eigenvalue weighted by Gasteiger charge is 2.07. The molecule has 1 amide bonds. The van der Waals surface area contributed by atoms with Crippen LogP contribution < -0.4 is 5.43 Å². The van der Waals surface area contributed by atoms with E-state index < -0.39 is 0 Å². The lowest BCUT2D eigenvalue weighted by Crippen LogP contribution is -2.21. The van der Waals surface area contributed by atoms with E-state index in [2.05, 4.69) is 16.6 Å². The van der Waals surface area contributed by atoms with Crippen LogP contribution in [0.25, 0.3) is 0 Å². The number of para-hydroxylation sites is 1. The molecule has 114 valence electrons. The van der Waals surface area contributed by atoms with Gasteiger partial charge in [-0.15, -0.1) is 0 Å². The molecule has 0 heterocycles. The first-order valence-corrected chi connectivity index (χ1v) is 7.15. The van der Waals surface area contributed by atoms with Crippen LogP contribution in [-0.2, 0) is 11.2 Å². The van der Waals surface area contributed by atoms with E-state index in [0.717, 1.165) is 11.1 Å². The number of aryl methyl sites for hydroxylation is 2. The van der Waals surface area contributed by atoms with Crippen molar-refractivity contribution in [3.8, 4) is 5.75 Å². The molecule has 0 aliphatic carbocycles. The van der Waals surface area contributed by atoms with Crippen molar-refractivity contribution in [3.63, 3.8) is 0 Å². The minimum absolute atomic E-state index is 0.146. The molecule has 2 aromatic rings. The maximum absolute atomic E-state index is 12.0. The Kier molecular flexibility index (Phi) is 4.94. The zero-order chi connectivity index (χ0) is 16.1. The Morgan fingerprint density at radius 1 is 1.18 bits per heavy atom. The Labute approximate surface area is 130 Å². The van der Waals surface area contributed by atoms with Crippen LogP contribution in [0.1, 0.15) is 29.2 Å². The normalized spacial score (nSPS) is 11.3. The number of phenolic OH excluding ortho intramolecular Hbond substituents is 1. The van der Waals surface area contributed by atoms with Crippen LogP contribution in [-0.4, -0.2) is 16.7 Å². The molecule has 0 radical (unpaired) electrons. The first-order valence-electron chi connectivity index (χ1n) is 7.15. The fourth-order valence-corrected chi connectivity index (χ4v) is 2.24. The molecule has 2 N–H and O–H groups in total. The molecule has 0 unspecified atom stereocenters. The smallest absolute Gasteiger partial charge is 0.244 e. The molecule has 0 saturated heterocycles. The molecular formula is C18H20N2O2. The molecule has 4 heteroatoms. The number of carbonyl (C=O) groups excluding carboxylic acids is 1. The summed E-state index contributed by atoms with van der Waals surface area (Å²) < 4.78 is 0. The highest BCUT2D eigenvalue weighted by Crippen LogP contribution is 2.16. The van der Waals surface area contributed by atoms with Crippen LogP contribution >= 0.6 is 0 Å². The lowest BCUT2D eigenvalue weighted by Gasteiger charge is -2.07. The SMILES string of the molecule is C/C(=N\NC(=O)Cc1ccc(C)cc1C)c1ccccc1O. The maximum atomic E-state index is 12.0. The third-order valence-corrected chi connectivity index (χ3v) is 3.49. The average molecular weight is 296 g/mol. The van der Waals surface area contributed by atoms with Crippen molar-refractivity contribution >= 4 is 11.6 Å². The molecule has 0 atom stereocenters. The molecule has 0 aliphatic heterocycles. The van der Waals surface area contributed by atoms with Gasteiger partial charge in [0.1, 0.15) is 5.75 Å². The molecule has 0 saturated carbocycles. The van der Waals surface area contributed by atoms with Gasteiger partial charge in [-0.3, -0.25) is 4.79 Å². The maximum Gasteiger partial charge on any atom is 0.244 e. The third kappa shape index (κ3) is 3.95. The topological polar surface area (TPSA) is 61.7 Å². The number of hydrogen-bond donors (Lipinski definition) is 2. The van der Waals surface area contributed by atoms with Crippen LogP contribution in [0.2, 0.25) is 0 Å². The van der Waals surface area contributed by atoms with E-state index in [1.165, 1.54) is 5.56 Å². The third-order valence-electron chi connectivity index (χ3n) is 3.49. The lowest BCUT2D eigenvalue weighted by molar-refractivity contribution is -0.120. The first kappa shape index (κ1) is 15.8. The van der Waals surface area contributed by atoms with Crippen LogP contribution in [0.3, 0.4) is 0 Å². The fraction of sp³-hybridized carbons (Fsp3) is 0.222. The summed E-state index contributed by atoms with van der Waals surface area (Å²) in [6.07, 6.45) is 0.281. The van der Waals surface area contributed by atoms with E-state index in [4.69, 9.17) is 0 Å². The minimum Gasteiger partial charge on any atom is -0.507 e. The zero-order valence-electron chi connectivity index (χ0n) is 13.1. The van der Waals surface area contributed by atoms with Gasteiger partial charge in [-0.1, -0.05) is 35.9 Å². The van der Waals surface area contributed by atoms with Crippen LogP contribution in [0.5, 0.6) is 5.75 Å². The number of carbonyl (C=O) groups is 1. The number of phenols is 1. The molecule has 2 aromatic carbocycles. The number of hydrazone groups is 1. The van der Waals surface area contributed by atoms with Crippen LogP contribution in [0, 0.1) is 13.8 Å². The van der Waals surface area contributed by atoms with Crippen molar-refractivity contribution in [2.45, 2.75) is 27.2 Å². The summed E-state index contributed by atoms with van der Waals surface area (Å²) in [4.78, 5) is 12.0. The second kappa shape index (κ2) is 6.89. The molecule has 0 spiro atoms. The molecule has 0 bridgehead atoms. The van der Waals surface area contributed by atoms with Crippen molar-refractivity contribution in [3.05, 3.63) is 64.7 Å². The van der Waals surface area contributed by atoms with Crippen LogP contribution in [0.4, 0.5) is 0 Å². The van der Waals surface area contributed by atoms with E-state index in [1.807, 2.05) is 32.0 Å². The van der Waals surface area contributed by atoms with Gasteiger partial charge in [-0.25, -0.2) is 5.43 Å². The molecule has 0 aromatic heterocycles. The van der Waals surface area contributed by atoms with Gasteiger partial charge in [0.25, 0.3) is 0 Å². The van der Waals surface area contributed by atoms with Gasteiger partial charge in [0.05, 0.1) is 12.1 Å². The quantitative estimate of drug-likeness (QED) is 0.672. The number of rotatable bonds is 4. The van der Waals surface area contributed by atoms with Gasteiger partial charge in [-0.05, 0) is 44.0 Å². The van der Waals surface area contributed by atoms with Gasteiger partial charge in [0.15, 0.2) is 0 Å². The Balaban J connectivity index is 2.03. The number of aromatic hydroxyl groups is 1. The second-order valence-corrected chi connectivity index (χ2v) is 5.36. The average Bonchev–Trinajstić information content (AvgIpc) is 2.48. The predicted octanol–water partition coefficient (Wildman–Crippen LogP) is 3.09. The van der Waals surface area contributed by atoms with E-state index in [9.17, 15) is 9.90 Å². The first-order chi connectivity index (χ1) is 10.5. The summed E-state index contributed by atoms with van der Waals surface area (Å²) in [7, 11) is 0. The summed E-state index contributed by atoms with van der Waals surface area (Å²) in [5, 5.41) is 13.8. The minimum atomic E-state index is -0.179. The van der Waals surface area contributed by atoms with Crippen molar-refractivity contribution in [2.24, 2.45) is 5.10 Å². The Morgan fingerprint density at radius 2 is 1.91 bits per heavy atom. The Morgan fingerprint density at radius 3 is 2.59 bits per heavy atom. The molecule has 4 nitrogen and oxygen atoms in total. The largest absolute Gasteiger partial charge is 0.507 e. The van der Waals surface area contributed by atoms with Crippen molar-refractivity contribution < 1.29 is 9.90 Å². The van der Waals surface area contributed by atoms with Gasteiger partial charge >= 0.3 is 0 Å². The fourth-order valence-electron chi connectivity index (χ4n) is 2.24. The van der Waals surface area contributed by atoms with Crippen LogP contribution in [0.15, 0.2) is 47.6 Å². The number of nitrogens with zero attached hydrogens (tertiary/aromatic N) is 1. The van der Waals surface area contributed by atoms with Crippen molar-refractivity contribution in [1.29, 1.82) is 0 Å². The summed E-state index contributed by atoms with van der Waals surface area (Å²) in [6.45, 7) is 5.76. The molecule has 0 fully saturated rings. The number of benzene rings is 2. The number of amides is 1. The second-order valence-electron chi connectivity index (χ2n) is 5.36. The lowest BCUT2D eigenvalue weighted by atomic mass is 10.0. The van der Waals surface area contributed by atoms with E-state index >= 15 is 0 Å². The van der Waals surface area contributed by atoms with E-state index in [-0.39, 0.29) is 18.1 Å². The predicted molar refractivity (Wildman–Crippen MR) is 88.1 cm³/mol. The molecular weight excluding hydrogens is 276 g/mol. The van der Waals surface area contributed by atoms with Gasteiger partial charge in [0, 0.05) is 5.56 Å². The molecule has 2 rings (SSSR count). The summed E-state index contributed by atoms with van der Waals surface area (Å²) in [5.74, 6) is -0.0332. The van der Waals surface area contributed by atoms with E-state index in [1.54, 1.807) is 25.1 Å². The summed E-state index contributed by atoms with van der Waals surface area (Å²) >= 11 is 0. The highest BCUT2D eigenvalue weighted by atomic mass is 16.3. The molecule has 0 aliphatic rings. The van der Waals surface area contributed by atoms with Crippen molar-refractivity contribution in [2.75, 3.05) is 0 Å². The summed E-state index contributed by atoms with van der Waals surface area (Å²) in [6, 6.07) is 12.9. The number of hydrogen-bond acceptors (Lipinski definition) is 3. The van der Waals surface area contributed by atoms with E-state index in [0.29, 0.717) is 11.3 Å². The van der Waals surface area contributed by atoms with Gasteiger partial charge in [0.2, 0.25) is 5.91 Å². The van der Waals surface area contributed by atoms with Crippen molar-refractivity contribution in [1.82, 2.24) is 5.43 Å². The standard InChI is InChI=1S/C18H20N2O2/c1-12-8-9-15(13(2)10-12)11-18(22)20-19-14(3)16-6-4-5-7-17(16)21/h4-10,21H,11H2,1-3H3,(H,20,22)/b19-14+. The zero-order valence-corrected chi connectivity index (χ0v) is 13.1. The Hall–Kier alpha value is -2.62. The molecule has 22 heavy (non-hydrogen) atoms. The van der Waals surface area contributed by atoms with Gasteiger partial charge in [-0.2, -0.15) is 5.10 Å². The van der Waals surface area contributed by atoms with Gasteiger partial charge < -0.3 is 5.11 Å². The number of nitrogens with one attached hydrogen (secondary N) is 1.